The van der Waals surface area contributed by atoms with Crippen LogP contribution in [0.5, 0.6) is 0 Å². The Morgan fingerprint density at radius 2 is 2.25 bits per heavy atom. The number of anilines is 2. The van der Waals surface area contributed by atoms with Gasteiger partial charge in [0.05, 0.1) is 28.1 Å². The van der Waals surface area contributed by atoms with E-state index >= 15 is 0 Å². The number of nitrogens with zero attached hydrogens (tertiary/aromatic N) is 1. The second-order valence-corrected chi connectivity index (χ2v) is 3.99. The highest BCUT2D eigenvalue weighted by Gasteiger charge is 2.09. The van der Waals surface area contributed by atoms with E-state index < -0.39 is 6.09 Å². The fourth-order valence-electron chi connectivity index (χ4n) is 1.26. The normalized spacial score (nSPS) is 10.0. The molecule has 0 atom stereocenters. The van der Waals surface area contributed by atoms with Crippen LogP contribution < -0.4 is 11.1 Å². The zero-order chi connectivity index (χ0) is 11.5. The van der Waals surface area contributed by atoms with Crippen LogP contribution in [0.4, 0.5) is 16.2 Å². The summed E-state index contributed by atoms with van der Waals surface area (Å²) < 4.78 is 0. The lowest BCUT2D eigenvalue weighted by molar-refractivity contribution is 0.210. The minimum atomic E-state index is -1.09. The number of amides is 1. The summed E-state index contributed by atoms with van der Waals surface area (Å²) in [4.78, 5) is 15.5. The zero-order valence-corrected chi connectivity index (χ0v) is 8.99. The molecular formula is C10H9N3O2S. The average Bonchev–Trinajstić information content (AvgIpc) is 2.66. The van der Waals surface area contributed by atoms with Crippen LogP contribution in [0.25, 0.3) is 10.6 Å². The van der Waals surface area contributed by atoms with Crippen molar-refractivity contribution in [1.29, 1.82) is 0 Å². The van der Waals surface area contributed by atoms with Crippen LogP contribution in [-0.2, 0) is 0 Å². The molecule has 0 radical (unpaired) electrons. The third kappa shape index (κ3) is 2.12. The molecule has 0 bridgehead atoms. The number of nitrogen functional groups attached to an aromatic ring is 1. The molecule has 0 aliphatic rings. The van der Waals surface area contributed by atoms with Crippen molar-refractivity contribution in [1.82, 2.24) is 4.98 Å². The topological polar surface area (TPSA) is 88.2 Å². The summed E-state index contributed by atoms with van der Waals surface area (Å²) >= 11 is 1.42. The summed E-state index contributed by atoms with van der Waals surface area (Å²) in [5.41, 5.74) is 7.35. The molecule has 0 saturated carbocycles. The third-order valence-electron chi connectivity index (χ3n) is 1.93. The van der Waals surface area contributed by atoms with Crippen molar-refractivity contribution >= 4 is 28.8 Å². The quantitative estimate of drug-likeness (QED) is 0.746. The Labute approximate surface area is 95.6 Å². The highest BCUT2D eigenvalue weighted by Crippen LogP contribution is 2.32. The summed E-state index contributed by atoms with van der Waals surface area (Å²) in [5, 5.41) is 12.8. The van der Waals surface area contributed by atoms with Crippen LogP contribution in [0.1, 0.15) is 0 Å². The van der Waals surface area contributed by atoms with Gasteiger partial charge in [-0.25, -0.2) is 4.79 Å². The second-order valence-electron chi connectivity index (χ2n) is 3.07. The molecule has 0 unspecified atom stereocenters. The van der Waals surface area contributed by atoms with Crippen molar-refractivity contribution in [2.75, 3.05) is 11.1 Å². The zero-order valence-electron chi connectivity index (χ0n) is 8.18. The van der Waals surface area contributed by atoms with Crippen LogP contribution in [-0.4, -0.2) is 16.2 Å². The van der Waals surface area contributed by atoms with Crippen molar-refractivity contribution in [3.05, 3.63) is 29.8 Å². The van der Waals surface area contributed by atoms with E-state index in [4.69, 9.17) is 10.8 Å². The number of nitrogens with two attached hydrogens (primary N) is 1. The minimum Gasteiger partial charge on any atom is -0.465 e. The van der Waals surface area contributed by atoms with E-state index in [9.17, 15) is 4.79 Å². The van der Waals surface area contributed by atoms with E-state index in [2.05, 4.69) is 10.3 Å². The van der Waals surface area contributed by atoms with E-state index in [0.29, 0.717) is 17.1 Å². The number of thiophene rings is 1. The lowest BCUT2D eigenvalue weighted by Crippen LogP contribution is -2.07. The van der Waals surface area contributed by atoms with Gasteiger partial charge in [0.15, 0.2) is 0 Å². The average molecular weight is 235 g/mol. The molecule has 2 aromatic rings. The van der Waals surface area contributed by atoms with Gasteiger partial charge >= 0.3 is 6.09 Å². The fourth-order valence-corrected chi connectivity index (χ4v) is 2.09. The van der Waals surface area contributed by atoms with Gasteiger partial charge in [0.1, 0.15) is 0 Å². The van der Waals surface area contributed by atoms with Crippen LogP contribution in [0.2, 0.25) is 0 Å². The van der Waals surface area contributed by atoms with E-state index in [-0.39, 0.29) is 0 Å². The molecule has 16 heavy (non-hydrogen) atoms. The maximum atomic E-state index is 10.6. The number of nitrogens with one attached hydrogen (secondary N) is 1. The van der Waals surface area contributed by atoms with Crippen LogP contribution in [0.15, 0.2) is 29.8 Å². The predicted molar refractivity (Wildman–Crippen MR) is 63.6 cm³/mol. The SMILES string of the molecule is Nc1ccc(-c2sccc2NC(=O)O)nc1. The smallest absolute Gasteiger partial charge is 0.409 e. The standard InChI is InChI=1S/C10H9N3O2S/c11-6-1-2-7(12-5-6)9-8(3-4-16-9)13-10(14)15/h1-5,13H,11H2,(H,14,15). The summed E-state index contributed by atoms with van der Waals surface area (Å²) in [7, 11) is 0. The molecule has 1 amide bonds. The van der Waals surface area contributed by atoms with Crippen LogP contribution in [0.3, 0.4) is 0 Å². The Morgan fingerprint density at radius 3 is 2.88 bits per heavy atom. The fraction of sp³-hybridized carbons (Fsp3) is 0. The first-order chi connectivity index (χ1) is 7.66. The lowest BCUT2D eigenvalue weighted by Gasteiger charge is -2.02. The van der Waals surface area contributed by atoms with Gasteiger partial charge in [-0.05, 0) is 23.6 Å². The molecule has 0 aromatic carbocycles. The number of carboxylic acid groups (broad SMARTS) is 1. The minimum absolute atomic E-state index is 0.537. The molecular weight excluding hydrogens is 226 g/mol. The van der Waals surface area contributed by atoms with E-state index in [0.717, 1.165) is 4.88 Å². The highest BCUT2D eigenvalue weighted by atomic mass is 32.1. The summed E-state index contributed by atoms with van der Waals surface area (Å²) in [6.45, 7) is 0. The molecule has 5 nitrogen and oxygen atoms in total. The summed E-state index contributed by atoms with van der Waals surface area (Å²) in [6.07, 6.45) is 0.453. The number of rotatable bonds is 2. The van der Waals surface area contributed by atoms with Crippen molar-refractivity contribution in [2.45, 2.75) is 0 Å². The van der Waals surface area contributed by atoms with Crippen molar-refractivity contribution < 1.29 is 9.90 Å². The van der Waals surface area contributed by atoms with Gasteiger partial charge in [-0.1, -0.05) is 0 Å². The van der Waals surface area contributed by atoms with Gasteiger partial charge in [-0.2, -0.15) is 0 Å². The molecule has 0 saturated heterocycles. The van der Waals surface area contributed by atoms with Crippen molar-refractivity contribution in [3.63, 3.8) is 0 Å². The van der Waals surface area contributed by atoms with Gasteiger partial charge in [-0.3, -0.25) is 10.3 Å². The third-order valence-corrected chi connectivity index (χ3v) is 2.86. The van der Waals surface area contributed by atoms with Crippen molar-refractivity contribution in [2.24, 2.45) is 0 Å². The van der Waals surface area contributed by atoms with E-state index in [1.165, 1.54) is 11.3 Å². The van der Waals surface area contributed by atoms with Crippen molar-refractivity contribution in [3.8, 4) is 10.6 Å². The molecule has 82 valence electrons. The number of pyridine rings is 1. The molecule has 0 spiro atoms. The molecule has 2 aromatic heterocycles. The predicted octanol–water partition coefficient (Wildman–Crippen LogP) is 2.48. The number of hydrogen-bond donors (Lipinski definition) is 3. The van der Waals surface area contributed by atoms with Gasteiger partial charge in [0.2, 0.25) is 0 Å². The summed E-state index contributed by atoms with van der Waals surface area (Å²) in [5.74, 6) is 0. The largest absolute Gasteiger partial charge is 0.465 e. The van der Waals surface area contributed by atoms with E-state index in [1.54, 1.807) is 29.8 Å². The number of aromatic nitrogens is 1. The molecule has 2 heterocycles. The lowest BCUT2D eigenvalue weighted by atomic mass is 10.2. The maximum absolute atomic E-state index is 10.6. The number of carbonyl (C=O) groups is 1. The first-order valence-electron chi connectivity index (χ1n) is 4.46. The second kappa shape index (κ2) is 4.19. The Balaban J connectivity index is 2.36. The Morgan fingerprint density at radius 1 is 1.44 bits per heavy atom. The van der Waals surface area contributed by atoms with Gasteiger partial charge in [0, 0.05) is 0 Å². The molecule has 0 fully saturated rings. The molecule has 0 aliphatic heterocycles. The van der Waals surface area contributed by atoms with Crippen LogP contribution >= 0.6 is 11.3 Å². The summed E-state index contributed by atoms with van der Waals surface area (Å²) in [6, 6.07) is 5.19. The highest BCUT2D eigenvalue weighted by molar-refractivity contribution is 7.14. The maximum Gasteiger partial charge on any atom is 0.409 e. The Kier molecular flexibility index (Phi) is 2.74. The first kappa shape index (κ1) is 10.4. The molecule has 2 rings (SSSR count). The molecule has 4 N–H and O–H groups in total. The number of hydrogen-bond acceptors (Lipinski definition) is 4. The van der Waals surface area contributed by atoms with E-state index in [1.807, 2.05) is 0 Å². The van der Waals surface area contributed by atoms with Gasteiger partial charge < -0.3 is 10.8 Å². The molecule has 6 heteroatoms. The monoisotopic (exact) mass is 235 g/mol. The van der Waals surface area contributed by atoms with Crippen LogP contribution in [0, 0.1) is 0 Å². The first-order valence-corrected chi connectivity index (χ1v) is 5.34. The van der Waals surface area contributed by atoms with Gasteiger partial charge in [-0.15, -0.1) is 11.3 Å². The molecule has 0 aliphatic carbocycles. The Hall–Kier alpha value is -2.08. The van der Waals surface area contributed by atoms with Gasteiger partial charge in [0.25, 0.3) is 0 Å². The Bertz CT molecular complexity index is 507.